The van der Waals surface area contributed by atoms with Gasteiger partial charge in [-0.2, -0.15) is 0 Å². The fourth-order valence-corrected chi connectivity index (χ4v) is 6.51. The van der Waals surface area contributed by atoms with E-state index in [0.717, 1.165) is 25.7 Å². The molecule has 4 aromatic carbocycles. The fourth-order valence-electron chi connectivity index (χ4n) is 6.51. The fraction of sp³-hybridized carbons (Fsp3) is 0.250. The Morgan fingerprint density at radius 1 is 0.788 bits per heavy atom. The third kappa shape index (κ3) is 3.09. The van der Waals surface area contributed by atoms with Crippen LogP contribution in [0.2, 0.25) is 0 Å². The van der Waals surface area contributed by atoms with Crippen LogP contribution >= 0.6 is 0 Å². The van der Waals surface area contributed by atoms with E-state index >= 15 is 0 Å². The van der Waals surface area contributed by atoms with Gasteiger partial charge in [-0.25, -0.2) is 4.39 Å². The van der Waals surface area contributed by atoms with Gasteiger partial charge >= 0.3 is 0 Å². The average molecular weight is 433 g/mol. The summed E-state index contributed by atoms with van der Waals surface area (Å²) >= 11 is 0. The molecule has 33 heavy (non-hydrogen) atoms. The van der Waals surface area contributed by atoms with Crippen LogP contribution in [-0.2, 0) is 18.3 Å². The van der Waals surface area contributed by atoms with Gasteiger partial charge in [-0.15, -0.1) is 0 Å². The highest BCUT2D eigenvalue weighted by Gasteiger charge is 2.43. The maximum absolute atomic E-state index is 14.0. The predicted molar refractivity (Wildman–Crippen MR) is 134 cm³/mol. The summed E-state index contributed by atoms with van der Waals surface area (Å²) in [6, 6.07) is 29.8. The highest BCUT2D eigenvalue weighted by Crippen LogP contribution is 2.53. The Bertz CT molecular complexity index is 1350. The van der Waals surface area contributed by atoms with Crippen LogP contribution in [0.15, 0.2) is 84.9 Å². The van der Waals surface area contributed by atoms with Crippen molar-refractivity contribution in [2.24, 2.45) is 0 Å². The first-order valence-corrected chi connectivity index (χ1v) is 12.2. The van der Waals surface area contributed by atoms with Gasteiger partial charge in [0.05, 0.1) is 0 Å². The van der Waals surface area contributed by atoms with Gasteiger partial charge in [-0.1, -0.05) is 85.3 Å². The van der Waals surface area contributed by atoms with E-state index in [1.807, 2.05) is 12.1 Å². The molecular formula is C32H29F. The molecule has 0 spiro atoms. The topological polar surface area (TPSA) is 0 Å². The number of hydrogen-bond donors (Lipinski definition) is 0. The van der Waals surface area contributed by atoms with Gasteiger partial charge in [0, 0.05) is 5.41 Å². The molecular weight excluding hydrogens is 403 g/mol. The molecule has 1 heteroatoms. The predicted octanol–water partition coefficient (Wildman–Crippen LogP) is 8.13. The van der Waals surface area contributed by atoms with Crippen molar-refractivity contribution >= 4 is 0 Å². The van der Waals surface area contributed by atoms with Gasteiger partial charge in [-0.3, -0.25) is 0 Å². The minimum absolute atomic E-state index is 0.176. The second kappa shape index (κ2) is 7.70. The molecule has 0 bridgehead atoms. The van der Waals surface area contributed by atoms with Gasteiger partial charge in [0.2, 0.25) is 0 Å². The Labute approximate surface area is 196 Å². The molecule has 0 fully saturated rings. The summed E-state index contributed by atoms with van der Waals surface area (Å²) in [7, 11) is 0. The van der Waals surface area contributed by atoms with Crippen LogP contribution in [0.1, 0.15) is 64.6 Å². The largest absolute Gasteiger partial charge is 0.207 e. The highest BCUT2D eigenvalue weighted by molar-refractivity contribution is 5.76. The minimum atomic E-state index is -0.256. The van der Waals surface area contributed by atoms with Gasteiger partial charge < -0.3 is 0 Å². The Kier molecular flexibility index (Phi) is 4.76. The number of hydrogen-bond acceptors (Lipinski definition) is 0. The van der Waals surface area contributed by atoms with Crippen molar-refractivity contribution < 1.29 is 4.39 Å². The van der Waals surface area contributed by atoms with Crippen LogP contribution in [0.25, 0.3) is 11.1 Å². The molecule has 0 saturated carbocycles. The number of fused-ring (bicyclic) bond motifs is 5. The molecule has 0 heterocycles. The zero-order valence-electron chi connectivity index (χ0n) is 19.4. The van der Waals surface area contributed by atoms with Crippen molar-refractivity contribution in [2.45, 2.75) is 50.9 Å². The molecule has 0 aliphatic heterocycles. The third-order valence-electron chi connectivity index (χ3n) is 8.06. The molecule has 0 nitrogen and oxygen atoms in total. The molecule has 2 unspecified atom stereocenters. The molecule has 2 atom stereocenters. The SMILES string of the molecule is Cc1cccc(C2(c3ccc(F)cc3)CCC(C)c3c2ccc2c3CCc3ccccc3-2)c1. The lowest BCUT2D eigenvalue weighted by Crippen LogP contribution is -2.35. The lowest BCUT2D eigenvalue weighted by molar-refractivity contribution is 0.453. The molecule has 2 aliphatic rings. The van der Waals surface area contributed by atoms with Crippen LogP contribution in [0.4, 0.5) is 4.39 Å². The number of benzene rings is 4. The normalized spacial score (nSPS) is 21.1. The molecule has 164 valence electrons. The first kappa shape index (κ1) is 20.4. The summed E-state index contributed by atoms with van der Waals surface area (Å²) in [5.41, 5.74) is 12.2. The van der Waals surface area contributed by atoms with Gasteiger partial charge in [0.15, 0.2) is 0 Å². The summed E-state index contributed by atoms with van der Waals surface area (Å²) in [5.74, 6) is 0.336. The van der Waals surface area contributed by atoms with Crippen LogP contribution in [-0.4, -0.2) is 0 Å². The summed E-state index contributed by atoms with van der Waals surface area (Å²) in [4.78, 5) is 0. The first-order chi connectivity index (χ1) is 16.1. The molecule has 6 rings (SSSR count). The number of aryl methyl sites for hydroxylation is 2. The van der Waals surface area contributed by atoms with E-state index in [9.17, 15) is 4.39 Å². The molecule has 0 amide bonds. The zero-order valence-corrected chi connectivity index (χ0v) is 19.4. The van der Waals surface area contributed by atoms with Gasteiger partial charge in [0.25, 0.3) is 0 Å². The van der Waals surface area contributed by atoms with Crippen LogP contribution in [0.3, 0.4) is 0 Å². The summed E-state index contributed by atoms with van der Waals surface area (Å²) in [6.45, 7) is 4.56. The molecule has 0 N–H and O–H groups in total. The number of rotatable bonds is 2. The Morgan fingerprint density at radius 3 is 2.42 bits per heavy atom. The van der Waals surface area contributed by atoms with Crippen molar-refractivity contribution in [3.05, 3.63) is 130 Å². The van der Waals surface area contributed by atoms with Crippen LogP contribution in [0, 0.1) is 12.7 Å². The van der Waals surface area contributed by atoms with E-state index in [1.165, 1.54) is 50.1 Å². The van der Waals surface area contributed by atoms with Crippen molar-refractivity contribution in [2.75, 3.05) is 0 Å². The Hall–Kier alpha value is -3.19. The standard InChI is InChI=1S/C32H29F/c1-21-6-5-8-25(20-21)32(24-11-13-26(33)14-12-24)19-18-22(2)31-29-15-10-23-7-3-4-9-27(23)28(29)16-17-30(31)32/h3-9,11-14,16-17,20,22H,10,15,18-19H2,1-2H3. The van der Waals surface area contributed by atoms with E-state index in [4.69, 9.17) is 0 Å². The summed E-state index contributed by atoms with van der Waals surface area (Å²) in [5, 5.41) is 0. The molecule has 2 aliphatic carbocycles. The van der Waals surface area contributed by atoms with E-state index in [0.29, 0.717) is 5.92 Å². The maximum Gasteiger partial charge on any atom is 0.123 e. The molecule has 4 aromatic rings. The third-order valence-corrected chi connectivity index (χ3v) is 8.06. The summed E-state index contributed by atoms with van der Waals surface area (Å²) in [6.07, 6.45) is 4.34. The van der Waals surface area contributed by atoms with Crippen molar-refractivity contribution in [3.8, 4) is 11.1 Å². The maximum atomic E-state index is 14.0. The van der Waals surface area contributed by atoms with Crippen molar-refractivity contribution in [3.63, 3.8) is 0 Å². The lowest BCUT2D eigenvalue weighted by Gasteiger charge is -2.44. The second-order valence-corrected chi connectivity index (χ2v) is 9.93. The highest BCUT2D eigenvalue weighted by atomic mass is 19.1. The smallest absolute Gasteiger partial charge is 0.123 e. The Balaban J connectivity index is 1.66. The van der Waals surface area contributed by atoms with Crippen LogP contribution < -0.4 is 0 Å². The molecule has 0 saturated heterocycles. The van der Waals surface area contributed by atoms with Crippen LogP contribution in [0.5, 0.6) is 0 Å². The first-order valence-electron chi connectivity index (χ1n) is 12.2. The van der Waals surface area contributed by atoms with E-state index in [1.54, 1.807) is 12.1 Å². The second-order valence-electron chi connectivity index (χ2n) is 9.93. The van der Waals surface area contributed by atoms with Crippen molar-refractivity contribution in [1.29, 1.82) is 0 Å². The molecule has 0 radical (unpaired) electrons. The lowest BCUT2D eigenvalue weighted by atomic mass is 9.58. The van der Waals surface area contributed by atoms with Crippen molar-refractivity contribution in [1.82, 2.24) is 0 Å². The Morgan fingerprint density at radius 2 is 1.61 bits per heavy atom. The van der Waals surface area contributed by atoms with Gasteiger partial charge in [-0.05, 0) is 95.2 Å². The van der Waals surface area contributed by atoms with Gasteiger partial charge in [0.1, 0.15) is 5.82 Å². The van der Waals surface area contributed by atoms with E-state index < -0.39 is 0 Å². The minimum Gasteiger partial charge on any atom is -0.207 e. The average Bonchev–Trinajstić information content (AvgIpc) is 2.84. The zero-order chi connectivity index (χ0) is 22.6. The molecule has 0 aromatic heterocycles. The monoisotopic (exact) mass is 432 g/mol. The van der Waals surface area contributed by atoms with E-state index in [2.05, 4.69) is 74.5 Å². The quantitative estimate of drug-likeness (QED) is 0.300. The summed E-state index contributed by atoms with van der Waals surface area (Å²) < 4.78 is 14.0. The van der Waals surface area contributed by atoms with E-state index in [-0.39, 0.29) is 11.2 Å². The number of halogens is 1.